The second kappa shape index (κ2) is 10.8. The molecule has 1 heterocycles. The Morgan fingerprint density at radius 1 is 0.914 bits per heavy atom. The number of nitrogens with zero attached hydrogens (tertiary/aromatic N) is 3. The van der Waals surface area contributed by atoms with Crippen molar-refractivity contribution in [3.63, 3.8) is 0 Å². The molecular weight excluding hydrogens is 454 g/mol. The third kappa shape index (κ3) is 6.31. The average Bonchev–Trinajstić information content (AvgIpc) is 3.25. The van der Waals surface area contributed by atoms with Crippen LogP contribution in [-0.2, 0) is 16.8 Å². The molecule has 0 aliphatic carbocycles. The van der Waals surface area contributed by atoms with Crippen molar-refractivity contribution in [2.24, 2.45) is 0 Å². The molecule has 4 aromatic rings. The van der Waals surface area contributed by atoms with E-state index in [9.17, 15) is 4.79 Å². The molecule has 3 aromatic carbocycles. The number of hydrogen-bond donors (Lipinski definition) is 2. The van der Waals surface area contributed by atoms with Gasteiger partial charge in [-0.3, -0.25) is 9.36 Å². The number of rotatable bonds is 8. The lowest BCUT2D eigenvalue weighted by molar-refractivity contribution is -0.113. The Hall–Kier alpha value is -3.58. The average molecular weight is 486 g/mol. The summed E-state index contributed by atoms with van der Waals surface area (Å²) in [4.78, 5) is 12.7. The van der Waals surface area contributed by atoms with Gasteiger partial charge in [0.2, 0.25) is 5.91 Å². The number of para-hydroxylation sites is 2. The van der Waals surface area contributed by atoms with Crippen molar-refractivity contribution in [3.05, 3.63) is 95.8 Å². The van der Waals surface area contributed by atoms with Crippen molar-refractivity contribution in [3.8, 4) is 5.69 Å². The summed E-state index contributed by atoms with van der Waals surface area (Å²) in [5, 5.41) is 15.9. The van der Waals surface area contributed by atoms with Crippen LogP contribution in [0.25, 0.3) is 5.69 Å². The van der Waals surface area contributed by atoms with Crippen molar-refractivity contribution in [1.82, 2.24) is 14.8 Å². The fraction of sp³-hybridized carbons (Fsp3) is 0.250. The SMILES string of the molecule is Cc1ccccc1NCc1nnc(SCC(=O)Nc2ccc(C(C)(C)C)cc2)n1-c1ccccc1. The van der Waals surface area contributed by atoms with Gasteiger partial charge in [-0.15, -0.1) is 10.2 Å². The molecule has 0 saturated heterocycles. The molecule has 0 atom stereocenters. The van der Waals surface area contributed by atoms with E-state index >= 15 is 0 Å². The number of aromatic nitrogens is 3. The molecule has 180 valence electrons. The Bertz CT molecular complexity index is 1280. The quantitative estimate of drug-likeness (QED) is 0.290. The molecule has 0 spiro atoms. The molecule has 0 fully saturated rings. The predicted octanol–water partition coefficient (Wildman–Crippen LogP) is 6.22. The first-order valence-electron chi connectivity index (χ1n) is 11.6. The van der Waals surface area contributed by atoms with Crippen LogP contribution in [-0.4, -0.2) is 26.4 Å². The molecule has 1 aromatic heterocycles. The second-order valence-corrected chi connectivity index (χ2v) is 10.3. The van der Waals surface area contributed by atoms with Gasteiger partial charge in [-0.1, -0.05) is 81.1 Å². The maximum atomic E-state index is 12.7. The topological polar surface area (TPSA) is 71.8 Å². The molecule has 6 nitrogen and oxygen atoms in total. The number of carbonyl (C=O) groups excluding carboxylic acids is 1. The number of benzene rings is 3. The van der Waals surface area contributed by atoms with E-state index in [0.29, 0.717) is 11.7 Å². The number of anilines is 2. The van der Waals surface area contributed by atoms with Gasteiger partial charge in [0, 0.05) is 17.1 Å². The van der Waals surface area contributed by atoms with Crippen molar-refractivity contribution in [2.75, 3.05) is 16.4 Å². The molecule has 0 aliphatic heterocycles. The summed E-state index contributed by atoms with van der Waals surface area (Å²) >= 11 is 1.37. The van der Waals surface area contributed by atoms with E-state index < -0.39 is 0 Å². The minimum Gasteiger partial charge on any atom is -0.378 e. The fourth-order valence-electron chi connectivity index (χ4n) is 3.67. The first-order chi connectivity index (χ1) is 16.8. The Labute approximate surface area is 211 Å². The maximum absolute atomic E-state index is 12.7. The van der Waals surface area contributed by atoms with Crippen molar-refractivity contribution in [2.45, 2.75) is 44.8 Å². The Morgan fingerprint density at radius 2 is 1.60 bits per heavy atom. The molecular formula is C28H31N5OS. The van der Waals surface area contributed by atoms with Crippen molar-refractivity contribution < 1.29 is 4.79 Å². The fourth-order valence-corrected chi connectivity index (χ4v) is 4.44. The van der Waals surface area contributed by atoms with Gasteiger partial charge in [-0.2, -0.15) is 0 Å². The summed E-state index contributed by atoms with van der Waals surface area (Å²) in [6.07, 6.45) is 0. The van der Waals surface area contributed by atoms with E-state index in [4.69, 9.17) is 0 Å². The highest BCUT2D eigenvalue weighted by Gasteiger charge is 2.17. The molecule has 0 radical (unpaired) electrons. The summed E-state index contributed by atoms with van der Waals surface area (Å²) in [7, 11) is 0. The summed E-state index contributed by atoms with van der Waals surface area (Å²) in [6.45, 7) is 9.10. The van der Waals surface area contributed by atoms with E-state index in [1.807, 2.05) is 65.2 Å². The lowest BCUT2D eigenvalue weighted by Gasteiger charge is -2.19. The molecule has 0 unspecified atom stereocenters. The number of amides is 1. The zero-order chi connectivity index (χ0) is 24.8. The van der Waals surface area contributed by atoms with Gasteiger partial charge in [0.1, 0.15) is 0 Å². The van der Waals surface area contributed by atoms with Gasteiger partial charge in [0.15, 0.2) is 11.0 Å². The van der Waals surface area contributed by atoms with Gasteiger partial charge in [0.25, 0.3) is 0 Å². The normalized spacial score (nSPS) is 11.3. The molecule has 35 heavy (non-hydrogen) atoms. The number of aryl methyl sites for hydroxylation is 1. The van der Waals surface area contributed by atoms with Crippen molar-refractivity contribution in [1.29, 1.82) is 0 Å². The lowest BCUT2D eigenvalue weighted by atomic mass is 9.87. The maximum Gasteiger partial charge on any atom is 0.234 e. The Balaban J connectivity index is 1.46. The monoisotopic (exact) mass is 485 g/mol. The highest BCUT2D eigenvalue weighted by molar-refractivity contribution is 7.99. The van der Waals surface area contributed by atoms with Crippen LogP contribution in [0, 0.1) is 6.92 Å². The molecule has 0 aliphatic rings. The number of thioether (sulfide) groups is 1. The predicted molar refractivity (Wildman–Crippen MR) is 144 cm³/mol. The zero-order valence-corrected chi connectivity index (χ0v) is 21.4. The van der Waals surface area contributed by atoms with Gasteiger partial charge in [-0.25, -0.2) is 0 Å². The summed E-state index contributed by atoms with van der Waals surface area (Å²) in [5.74, 6) is 0.929. The number of carbonyl (C=O) groups is 1. The van der Waals surface area contributed by atoms with Gasteiger partial charge < -0.3 is 10.6 Å². The number of nitrogens with one attached hydrogen (secondary N) is 2. The molecule has 4 rings (SSSR count). The third-order valence-electron chi connectivity index (χ3n) is 5.66. The van der Waals surface area contributed by atoms with E-state index in [0.717, 1.165) is 22.9 Å². The van der Waals surface area contributed by atoms with Crippen LogP contribution in [0.5, 0.6) is 0 Å². The smallest absolute Gasteiger partial charge is 0.234 e. The standard InChI is InChI=1S/C28H31N5OS/c1-20-10-8-9-13-24(20)29-18-25-31-32-27(33(25)23-11-6-5-7-12-23)35-19-26(34)30-22-16-14-21(15-17-22)28(2,3)4/h5-17,29H,18-19H2,1-4H3,(H,30,34). The van der Waals surface area contributed by atoms with Crippen LogP contribution in [0.1, 0.15) is 37.7 Å². The van der Waals surface area contributed by atoms with Crippen LogP contribution in [0.15, 0.2) is 84.0 Å². The van der Waals surface area contributed by atoms with E-state index in [1.54, 1.807) is 0 Å². The minimum absolute atomic E-state index is 0.0751. The third-order valence-corrected chi connectivity index (χ3v) is 6.59. The molecule has 2 N–H and O–H groups in total. The van der Waals surface area contributed by atoms with Crippen LogP contribution < -0.4 is 10.6 Å². The van der Waals surface area contributed by atoms with E-state index in [1.165, 1.54) is 22.9 Å². The van der Waals surface area contributed by atoms with Gasteiger partial charge in [-0.05, 0) is 53.8 Å². The summed E-state index contributed by atoms with van der Waals surface area (Å²) in [5.41, 5.74) is 5.27. The summed E-state index contributed by atoms with van der Waals surface area (Å²) < 4.78 is 2.00. The van der Waals surface area contributed by atoms with Crippen LogP contribution in [0.4, 0.5) is 11.4 Å². The largest absolute Gasteiger partial charge is 0.378 e. The van der Waals surface area contributed by atoms with E-state index in [-0.39, 0.29) is 17.1 Å². The van der Waals surface area contributed by atoms with Crippen LogP contribution >= 0.6 is 11.8 Å². The second-order valence-electron chi connectivity index (χ2n) is 9.40. The minimum atomic E-state index is -0.0827. The molecule has 0 bridgehead atoms. The van der Waals surface area contributed by atoms with Crippen LogP contribution in [0.3, 0.4) is 0 Å². The first kappa shape index (κ1) is 24.5. The van der Waals surface area contributed by atoms with E-state index in [2.05, 4.69) is 66.7 Å². The molecule has 1 amide bonds. The Kier molecular flexibility index (Phi) is 7.56. The Morgan fingerprint density at radius 3 is 2.29 bits per heavy atom. The highest BCUT2D eigenvalue weighted by atomic mass is 32.2. The number of hydrogen-bond acceptors (Lipinski definition) is 5. The lowest BCUT2D eigenvalue weighted by Crippen LogP contribution is -2.15. The first-order valence-corrected chi connectivity index (χ1v) is 12.6. The van der Waals surface area contributed by atoms with Gasteiger partial charge in [0.05, 0.1) is 12.3 Å². The summed E-state index contributed by atoms with van der Waals surface area (Å²) in [6, 6.07) is 26.1. The molecule has 0 saturated carbocycles. The molecule has 7 heteroatoms. The van der Waals surface area contributed by atoms with Crippen LogP contribution in [0.2, 0.25) is 0 Å². The van der Waals surface area contributed by atoms with Gasteiger partial charge >= 0.3 is 0 Å². The zero-order valence-electron chi connectivity index (χ0n) is 20.6. The van der Waals surface area contributed by atoms with Crippen molar-refractivity contribution >= 4 is 29.0 Å². The highest BCUT2D eigenvalue weighted by Crippen LogP contribution is 2.25.